The summed E-state index contributed by atoms with van der Waals surface area (Å²) in [5.41, 5.74) is 2.33. The maximum absolute atomic E-state index is 12.2. The number of rotatable bonds is 6. The quantitative estimate of drug-likeness (QED) is 0.476. The smallest absolute Gasteiger partial charge is 0.254 e. The second-order valence-corrected chi connectivity index (χ2v) is 6.48. The van der Waals surface area contributed by atoms with Crippen LogP contribution < -0.4 is 5.56 Å². The van der Waals surface area contributed by atoms with Crippen molar-refractivity contribution in [1.82, 2.24) is 15.0 Å². The summed E-state index contributed by atoms with van der Waals surface area (Å²) < 4.78 is 0. The standard InChI is InChI=1S/C15H17Cl2N3OS/c1-3-5-9-12(4-2)19-15(20-14(9)21)22-8-10-11(16)6-7-18-13(10)17/h6-7H,3-5,8H2,1-2H3,(H,19,20,21). The number of hydrogen-bond acceptors (Lipinski definition) is 4. The van der Waals surface area contributed by atoms with Crippen LogP contribution >= 0.6 is 35.0 Å². The van der Waals surface area contributed by atoms with Crippen LogP contribution in [-0.2, 0) is 18.6 Å². The van der Waals surface area contributed by atoms with Gasteiger partial charge in [-0.15, -0.1) is 0 Å². The molecule has 2 aromatic heterocycles. The number of pyridine rings is 1. The molecule has 118 valence electrons. The van der Waals surface area contributed by atoms with Crippen LogP contribution in [-0.4, -0.2) is 15.0 Å². The molecule has 0 aliphatic rings. The van der Waals surface area contributed by atoms with Gasteiger partial charge in [-0.05, 0) is 18.9 Å². The van der Waals surface area contributed by atoms with Gasteiger partial charge in [-0.2, -0.15) is 0 Å². The third kappa shape index (κ3) is 4.03. The highest BCUT2D eigenvalue weighted by molar-refractivity contribution is 7.98. The lowest BCUT2D eigenvalue weighted by Gasteiger charge is -2.09. The lowest BCUT2D eigenvalue weighted by molar-refractivity contribution is 0.793. The summed E-state index contributed by atoms with van der Waals surface area (Å²) in [6.45, 7) is 4.05. The number of H-pyrrole nitrogens is 1. The largest absolute Gasteiger partial charge is 0.301 e. The van der Waals surface area contributed by atoms with Crippen LogP contribution in [0.4, 0.5) is 0 Å². The van der Waals surface area contributed by atoms with E-state index >= 15 is 0 Å². The lowest BCUT2D eigenvalue weighted by Crippen LogP contribution is -2.18. The van der Waals surface area contributed by atoms with Crippen LogP contribution in [0.25, 0.3) is 0 Å². The Morgan fingerprint density at radius 2 is 2.05 bits per heavy atom. The first-order valence-corrected chi connectivity index (χ1v) is 8.84. The minimum absolute atomic E-state index is 0.0559. The van der Waals surface area contributed by atoms with E-state index in [9.17, 15) is 4.79 Å². The van der Waals surface area contributed by atoms with Crippen LogP contribution in [0.3, 0.4) is 0 Å². The number of nitrogens with zero attached hydrogens (tertiary/aromatic N) is 2. The van der Waals surface area contributed by atoms with E-state index in [2.05, 4.69) is 15.0 Å². The molecule has 2 rings (SSSR count). The third-order valence-corrected chi connectivity index (χ3v) is 4.79. The Morgan fingerprint density at radius 1 is 1.27 bits per heavy atom. The topological polar surface area (TPSA) is 58.6 Å². The molecule has 4 nitrogen and oxygen atoms in total. The lowest BCUT2D eigenvalue weighted by atomic mass is 10.1. The molecule has 7 heteroatoms. The van der Waals surface area contributed by atoms with Crippen molar-refractivity contribution >= 4 is 35.0 Å². The third-order valence-electron chi connectivity index (χ3n) is 3.21. The number of aromatic nitrogens is 3. The van der Waals surface area contributed by atoms with Crippen LogP contribution in [0, 0.1) is 0 Å². The van der Waals surface area contributed by atoms with Crippen LogP contribution in [0.1, 0.15) is 37.1 Å². The molecule has 0 saturated carbocycles. The summed E-state index contributed by atoms with van der Waals surface area (Å²) in [4.78, 5) is 23.6. The molecule has 0 fully saturated rings. The van der Waals surface area contributed by atoms with Gasteiger partial charge < -0.3 is 4.98 Å². The highest BCUT2D eigenvalue weighted by Gasteiger charge is 2.12. The Morgan fingerprint density at radius 3 is 2.68 bits per heavy atom. The van der Waals surface area contributed by atoms with Crippen molar-refractivity contribution in [3.63, 3.8) is 0 Å². The molecule has 22 heavy (non-hydrogen) atoms. The highest BCUT2D eigenvalue weighted by Crippen LogP contribution is 2.28. The van der Waals surface area contributed by atoms with Gasteiger partial charge in [-0.25, -0.2) is 9.97 Å². The van der Waals surface area contributed by atoms with Gasteiger partial charge in [-0.3, -0.25) is 4.79 Å². The fourth-order valence-electron chi connectivity index (χ4n) is 2.10. The summed E-state index contributed by atoms with van der Waals surface area (Å²) in [6.07, 6.45) is 3.97. The van der Waals surface area contributed by atoms with Gasteiger partial charge in [0.25, 0.3) is 5.56 Å². The van der Waals surface area contributed by atoms with Crippen LogP contribution in [0.15, 0.2) is 22.2 Å². The predicted octanol–water partition coefficient (Wildman–Crippen LogP) is 4.28. The molecule has 0 aliphatic heterocycles. The maximum Gasteiger partial charge on any atom is 0.254 e. The second-order valence-electron chi connectivity index (χ2n) is 4.75. The van der Waals surface area contributed by atoms with E-state index in [-0.39, 0.29) is 5.56 Å². The fraction of sp³-hybridized carbons (Fsp3) is 0.400. The molecule has 1 N–H and O–H groups in total. The average molecular weight is 358 g/mol. The molecular formula is C15H17Cl2N3OS. The molecule has 0 amide bonds. The van der Waals surface area contributed by atoms with Gasteiger partial charge in [0.1, 0.15) is 5.15 Å². The van der Waals surface area contributed by atoms with Gasteiger partial charge in [0.2, 0.25) is 0 Å². The molecule has 0 radical (unpaired) electrons. The van der Waals surface area contributed by atoms with E-state index in [1.165, 1.54) is 11.8 Å². The van der Waals surface area contributed by atoms with E-state index < -0.39 is 0 Å². The predicted molar refractivity (Wildman–Crippen MR) is 92.0 cm³/mol. The zero-order chi connectivity index (χ0) is 16.1. The number of halogens is 2. The molecule has 0 aromatic carbocycles. The van der Waals surface area contributed by atoms with Gasteiger partial charge >= 0.3 is 0 Å². The van der Waals surface area contributed by atoms with Crippen molar-refractivity contribution < 1.29 is 0 Å². The minimum Gasteiger partial charge on any atom is -0.301 e. The molecule has 0 saturated heterocycles. The van der Waals surface area contributed by atoms with Crippen molar-refractivity contribution in [2.45, 2.75) is 44.0 Å². The van der Waals surface area contributed by atoms with E-state index in [1.807, 2.05) is 13.8 Å². The Kier molecular flexibility index (Phi) is 6.29. The number of aryl methyl sites for hydroxylation is 1. The first-order chi connectivity index (χ1) is 10.6. The van der Waals surface area contributed by atoms with E-state index in [0.29, 0.717) is 21.1 Å². The molecule has 0 unspecified atom stereocenters. The van der Waals surface area contributed by atoms with Crippen molar-refractivity contribution in [2.24, 2.45) is 0 Å². The Hall–Kier alpha value is -1.04. The zero-order valence-corrected chi connectivity index (χ0v) is 14.8. The van der Waals surface area contributed by atoms with Crippen molar-refractivity contribution in [2.75, 3.05) is 0 Å². The fourth-order valence-corrected chi connectivity index (χ4v) is 3.66. The van der Waals surface area contributed by atoms with Crippen molar-refractivity contribution in [3.8, 4) is 0 Å². The molecule has 2 heterocycles. The number of hydrogen-bond donors (Lipinski definition) is 1. The van der Waals surface area contributed by atoms with E-state index in [1.54, 1.807) is 12.3 Å². The van der Waals surface area contributed by atoms with Gasteiger partial charge in [0, 0.05) is 28.1 Å². The summed E-state index contributed by atoms with van der Waals surface area (Å²) in [5.74, 6) is 0.505. The maximum atomic E-state index is 12.2. The van der Waals surface area contributed by atoms with E-state index in [0.717, 1.165) is 36.1 Å². The minimum atomic E-state index is -0.0559. The highest BCUT2D eigenvalue weighted by atomic mass is 35.5. The Balaban J connectivity index is 2.24. The van der Waals surface area contributed by atoms with Crippen molar-refractivity contribution in [3.05, 3.63) is 49.6 Å². The normalized spacial score (nSPS) is 10.9. The number of nitrogens with one attached hydrogen (secondary N) is 1. The molecular weight excluding hydrogens is 341 g/mol. The number of aromatic amines is 1. The molecule has 0 atom stereocenters. The molecule has 0 spiro atoms. The summed E-state index contributed by atoms with van der Waals surface area (Å²) in [7, 11) is 0. The van der Waals surface area contributed by atoms with Crippen LogP contribution in [0.5, 0.6) is 0 Å². The van der Waals surface area contributed by atoms with Crippen molar-refractivity contribution in [1.29, 1.82) is 0 Å². The molecule has 2 aromatic rings. The Bertz CT molecular complexity index is 698. The summed E-state index contributed by atoms with van der Waals surface area (Å²) in [6, 6.07) is 1.70. The SMILES string of the molecule is CCCc1c(CC)nc(SCc2c(Cl)ccnc2Cl)[nH]c1=O. The first-order valence-electron chi connectivity index (χ1n) is 7.10. The summed E-state index contributed by atoms with van der Waals surface area (Å²) >= 11 is 13.6. The van der Waals surface area contributed by atoms with Crippen LogP contribution in [0.2, 0.25) is 10.2 Å². The first kappa shape index (κ1) is 17.3. The Labute approximate surface area is 143 Å². The zero-order valence-electron chi connectivity index (χ0n) is 12.4. The molecule has 0 aliphatic carbocycles. The second kappa shape index (κ2) is 7.99. The molecule has 0 bridgehead atoms. The van der Waals surface area contributed by atoms with E-state index in [4.69, 9.17) is 23.2 Å². The number of thioether (sulfide) groups is 1. The van der Waals surface area contributed by atoms with Gasteiger partial charge in [-0.1, -0.05) is 55.2 Å². The monoisotopic (exact) mass is 357 g/mol. The van der Waals surface area contributed by atoms with Gasteiger partial charge in [0.05, 0.1) is 5.69 Å². The average Bonchev–Trinajstić information content (AvgIpc) is 2.49. The summed E-state index contributed by atoms with van der Waals surface area (Å²) in [5, 5.41) is 1.52. The van der Waals surface area contributed by atoms with Gasteiger partial charge in [0.15, 0.2) is 5.16 Å².